The summed E-state index contributed by atoms with van der Waals surface area (Å²) in [5, 5.41) is 3.52. The summed E-state index contributed by atoms with van der Waals surface area (Å²) in [4.78, 5) is 4.53. The van der Waals surface area contributed by atoms with Crippen LogP contribution < -0.4 is 5.32 Å². The minimum atomic E-state index is 0.470. The van der Waals surface area contributed by atoms with Gasteiger partial charge in [-0.25, -0.2) is 4.98 Å². The van der Waals surface area contributed by atoms with Gasteiger partial charge in [-0.1, -0.05) is 20.8 Å². The van der Waals surface area contributed by atoms with Crippen LogP contribution >= 0.6 is 0 Å². The van der Waals surface area contributed by atoms with Crippen molar-refractivity contribution in [3.63, 3.8) is 0 Å². The third-order valence-corrected chi connectivity index (χ3v) is 2.99. The van der Waals surface area contributed by atoms with Crippen molar-refractivity contribution in [3.05, 3.63) is 11.9 Å². The van der Waals surface area contributed by atoms with E-state index in [-0.39, 0.29) is 0 Å². The molecule has 4 heteroatoms. The molecule has 17 heavy (non-hydrogen) atoms. The lowest BCUT2D eigenvalue weighted by atomic mass is 10.0. The first-order chi connectivity index (χ1) is 8.08. The first-order valence-corrected chi connectivity index (χ1v) is 6.37. The first-order valence-electron chi connectivity index (χ1n) is 6.37. The average molecular weight is 239 g/mol. The molecule has 4 nitrogen and oxygen atoms in total. The molecular weight excluding hydrogens is 214 g/mol. The van der Waals surface area contributed by atoms with E-state index in [0.29, 0.717) is 18.6 Å². The van der Waals surface area contributed by atoms with Gasteiger partial charge in [-0.2, -0.15) is 0 Å². The third kappa shape index (κ3) is 4.04. The molecule has 0 aliphatic rings. The highest BCUT2D eigenvalue weighted by molar-refractivity contribution is 5.30. The van der Waals surface area contributed by atoms with E-state index in [0.717, 1.165) is 24.6 Å². The predicted molar refractivity (Wildman–Crippen MR) is 71.4 cm³/mol. The van der Waals surface area contributed by atoms with E-state index >= 15 is 0 Å². The Bertz CT molecular complexity index is 333. The molecule has 0 aromatic carbocycles. The molecule has 0 radical (unpaired) electrons. The smallest absolute Gasteiger partial charge is 0.203 e. The number of nitrogens with one attached hydrogen (secondary N) is 1. The molecule has 0 bridgehead atoms. The molecule has 1 aromatic heterocycles. The Kier molecular flexibility index (Phi) is 5.48. The highest BCUT2D eigenvalue weighted by atomic mass is 16.5. The second-order valence-corrected chi connectivity index (χ2v) is 4.80. The molecule has 1 atom stereocenters. The van der Waals surface area contributed by atoms with E-state index < -0.39 is 0 Å². The van der Waals surface area contributed by atoms with E-state index in [1.54, 1.807) is 7.11 Å². The van der Waals surface area contributed by atoms with Crippen LogP contribution in [-0.4, -0.2) is 29.3 Å². The van der Waals surface area contributed by atoms with Crippen molar-refractivity contribution >= 4 is 5.95 Å². The lowest BCUT2D eigenvalue weighted by Gasteiger charge is -2.21. The maximum atomic E-state index is 5.11. The summed E-state index contributed by atoms with van der Waals surface area (Å²) in [6, 6.07) is 0.470. The summed E-state index contributed by atoms with van der Waals surface area (Å²) in [6.45, 7) is 10.2. The molecule has 0 aliphatic heterocycles. The van der Waals surface area contributed by atoms with Gasteiger partial charge in [-0.15, -0.1) is 0 Å². The molecule has 0 spiro atoms. The largest absolute Gasteiger partial charge is 0.383 e. The number of rotatable bonds is 7. The summed E-state index contributed by atoms with van der Waals surface area (Å²) in [6.07, 6.45) is 3.17. The highest BCUT2D eigenvalue weighted by Crippen LogP contribution is 2.15. The average Bonchev–Trinajstić information content (AvgIpc) is 2.63. The van der Waals surface area contributed by atoms with Crippen LogP contribution in [-0.2, 0) is 11.3 Å². The number of methoxy groups -OCH3 is 1. The zero-order valence-corrected chi connectivity index (χ0v) is 11.7. The van der Waals surface area contributed by atoms with Crippen LogP contribution in [0.15, 0.2) is 6.20 Å². The van der Waals surface area contributed by atoms with Crippen LogP contribution in [0.3, 0.4) is 0 Å². The zero-order valence-electron chi connectivity index (χ0n) is 11.7. The van der Waals surface area contributed by atoms with E-state index in [4.69, 9.17) is 4.74 Å². The lowest BCUT2D eigenvalue weighted by Crippen LogP contribution is -2.26. The molecule has 0 fully saturated rings. The molecule has 0 saturated heterocycles. The van der Waals surface area contributed by atoms with Gasteiger partial charge < -0.3 is 14.6 Å². The Morgan fingerprint density at radius 3 is 2.71 bits per heavy atom. The molecule has 1 unspecified atom stereocenters. The number of nitrogens with zero attached hydrogens (tertiary/aromatic N) is 2. The van der Waals surface area contributed by atoms with Gasteiger partial charge >= 0.3 is 0 Å². The Morgan fingerprint density at radius 2 is 2.18 bits per heavy atom. The normalized spacial score (nSPS) is 13.1. The molecule has 1 heterocycles. The lowest BCUT2D eigenvalue weighted by molar-refractivity contribution is 0.187. The molecule has 1 aromatic rings. The predicted octanol–water partition coefficient (Wildman–Crippen LogP) is 2.68. The fraction of sp³-hybridized carbons (Fsp3) is 0.769. The highest BCUT2D eigenvalue weighted by Gasteiger charge is 2.14. The monoisotopic (exact) mass is 239 g/mol. The van der Waals surface area contributed by atoms with Gasteiger partial charge in [0, 0.05) is 25.9 Å². The Morgan fingerprint density at radius 1 is 1.47 bits per heavy atom. The number of aromatic nitrogens is 2. The van der Waals surface area contributed by atoms with E-state index in [9.17, 15) is 0 Å². The van der Waals surface area contributed by atoms with Crippen LogP contribution in [0.2, 0.25) is 0 Å². The van der Waals surface area contributed by atoms with Gasteiger partial charge in [-0.3, -0.25) is 0 Å². The fourth-order valence-electron chi connectivity index (χ4n) is 1.93. The maximum Gasteiger partial charge on any atom is 0.203 e. The SMILES string of the molecule is CCC(Nc1nc(C)cn1CCOC)C(C)C. The van der Waals surface area contributed by atoms with Crippen LogP contribution in [0.1, 0.15) is 32.9 Å². The van der Waals surface area contributed by atoms with Crippen molar-refractivity contribution in [2.75, 3.05) is 19.0 Å². The number of aryl methyl sites for hydroxylation is 1. The molecule has 0 aliphatic carbocycles. The van der Waals surface area contributed by atoms with Crippen molar-refractivity contribution < 1.29 is 4.74 Å². The zero-order chi connectivity index (χ0) is 12.8. The molecular formula is C13H25N3O. The van der Waals surface area contributed by atoms with Crippen LogP contribution in [0.4, 0.5) is 5.95 Å². The summed E-state index contributed by atoms with van der Waals surface area (Å²) in [5.41, 5.74) is 1.04. The molecule has 98 valence electrons. The standard InChI is InChI=1S/C13H25N3O/c1-6-12(10(2)3)15-13-14-11(4)9-16(13)7-8-17-5/h9-10,12H,6-8H2,1-5H3,(H,14,15). The minimum absolute atomic E-state index is 0.470. The molecule has 0 saturated carbocycles. The van der Waals surface area contributed by atoms with E-state index in [1.165, 1.54) is 0 Å². The third-order valence-electron chi connectivity index (χ3n) is 2.99. The molecule has 1 rings (SSSR count). The van der Waals surface area contributed by atoms with E-state index in [1.807, 2.05) is 6.92 Å². The quantitative estimate of drug-likeness (QED) is 0.795. The Balaban J connectivity index is 2.74. The second kappa shape index (κ2) is 6.64. The van der Waals surface area contributed by atoms with Gasteiger partial charge in [0.05, 0.1) is 12.3 Å². The van der Waals surface area contributed by atoms with Crippen molar-refractivity contribution in [1.82, 2.24) is 9.55 Å². The summed E-state index contributed by atoms with van der Waals surface area (Å²) in [5.74, 6) is 1.56. The van der Waals surface area contributed by atoms with Gasteiger partial charge in [0.1, 0.15) is 0 Å². The second-order valence-electron chi connectivity index (χ2n) is 4.80. The van der Waals surface area contributed by atoms with Gasteiger partial charge in [-0.05, 0) is 19.3 Å². The van der Waals surface area contributed by atoms with Gasteiger partial charge in [0.15, 0.2) is 0 Å². The number of ether oxygens (including phenoxy) is 1. The van der Waals surface area contributed by atoms with Crippen LogP contribution in [0.5, 0.6) is 0 Å². The summed E-state index contributed by atoms with van der Waals surface area (Å²) in [7, 11) is 1.72. The Labute approximate surface area is 104 Å². The van der Waals surface area contributed by atoms with Crippen LogP contribution in [0, 0.1) is 12.8 Å². The topological polar surface area (TPSA) is 39.1 Å². The van der Waals surface area contributed by atoms with Crippen molar-refractivity contribution in [1.29, 1.82) is 0 Å². The Hall–Kier alpha value is -1.03. The van der Waals surface area contributed by atoms with Crippen LogP contribution in [0.25, 0.3) is 0 Å². The maximum absolute atomic E-state index is 5.11. The summed E-state index contributed by atoms with van der Waals surface area (Å²) >= 11 is 0. The fourth-order valence-corrected chi connectivity index (χ4v) is 1.93. The molecule has 0 amide bonds. The first kappa shape index (κ1) is 14.0. The minimum Gasteiger partial charge on any atom is -0.383 e. The van der Waals surface area contributed by atoms with Gasteiger partial charge in [0.25, 0.3) is 0 Å². The van der Waals surface area contributed by atoms with Crippen molar-refractivity contribution in [3.8, 4) is 0 Å². The van der Waals surface area contributed by atoms with Crippen molar-refractivity contribution in [2.45, 2.75) is 46.7 Å². The summed E-state index contributed by atoms with van der Waals surface area (Å²) < 4.78 is 7.24. The molecule has 1 N–H and O–H groups in total. The number of hydrogen-bond acceptors (Lipinski definition) is 3. The number of imidazole rings is 1. The van der Waals surface area contributed by atoms with Gasteiger partial charge in [0.2, 0.25) is 5.95 Å². The number of hydrogen-bond donors (Lipinski definition) is 1. The number of anilines is 1. The van der Waals surface area contributed by atoms with Crippen molar-refractivity contribution in [2.24, 2.45) is 5.92 Å². The van der Waals surface area contributed by atoms with E-state index in [2.05, 4.69) is 41.8 Å².